The molecule has 0 saturated carbocycles. The van der Waals surface area contributed by atoms with E-state index in [1.165, 1.54) is 16.9 Å². The van der Waals surface area contributed by atoms with E-state index in [-0.39, 0.29) is 5.75 Å². The summed E-state index contributed by atoms with van der Waals surface area (Å²) in [5.74, 6) is 0.442. The van der Waals surface area contributed by atoms with Gasteiger partial charge in [-0.2, -0.15) is 0 Å². The molecule has 0 bridgehead atoms. The number of benzene rings is 1. The lowest BCUT2D eigenvalue weighted by molar-refractivity contribution is -0.134. The van der Waals surface area contributed by atoms with Crippen LogP contribution in [0.25, 0.3) is 10.2 Å². The highest BCUT2D eigenvalue weighted by molar-refractivity contribution is 7.91. The SMILES string of the molecule is COc1ccccc1CNc1nc(C[S+]([O-])CC(=O)O)nc2sc3c(c12)CCCC3. The molecule has 158 valence electrons. The zero-order chi connectivity index (χ0) is 21.1. The van der Waals surface area contributed by atoms with Crippen LogP contribution in [0.3, 0.4) is 0 Å². The Kier molecular flexibility index (Phi) is 6.40. The van der Waals surface area contributed by atoms with Crippen molar-refractivity contribution in [2.45, 2.75) is 38.0 Å². The summed E-state index contributed by atoms with van der Waals surface area (Å²) in [4.78, 5) is 22.4. The first-order valence-corrected chi connectivity index (χ1v) is 12.1. The summed E-state index contributed by atoms with van der Waals surface area (Å²) in [6, 6.07) is 7.80. The highest BCUT2D eigenvalue weighted by atomic mass is 32.2. The van der Waals surface area contributed by atoms with Gasteiger partial charge in [-0.1, -0.05) is 18.2 Å². The quantitative estimate of drug-likeness (QED) is 0.511. The van der Waals surface area contributed by atoms with Crippen molar-refractivity contribution >= 4 is 44.5 Å². The topological polar surface area (TPSA) is 107 Å². The number of anilines is 1. The monoisotopic (exact) mass is 445 g/mol. The standard InChI is InChI=1S/C21H23N3O4S2/c1-28-15-8-4-2-6-13(15)10-22-20-19-14-7-3-5-9-16(14)29-21(19)24-17(23-20)11-30(27)12-18(25)26/h2,4,6,8H,3,5,7,9-12H2,1H3,(H,25,26)(H,22,23,24). The molecule has 1 atom stereocenters. The molecule has 1 aromatic carbocycles. The Morgan fingerprint density at radius 1 is 1.30 bits per heavy atom. The molecular weight excluding hydrogens is 422 g/mol. The predicted octanol–water partition coefficient (Wildman–Crippen LogP) is 3.52. The van der Waals surface area contributed by atoms with Gasteiger partial charge in [-0.15, -0.1) is 11.3 Å². The van der Waals surface area contributed by atoms with Gasteiger partial charge in [0.1, 0.15) is 16.4 Å². The molecule has 0 radical (unpaired) electrons. The average Bonchev–Trinajstić information content (AvgIpc) is 3.10. The number of carboxylic acid groups (broad SMARTS) is 1. The number of ether oxygens (including phenoxy) is 1. The van der Waals surface area contributed by atoms with Gasteiger partial charge in [0.2, 0.25) is 5.75 Å². The maximum absolute atomic E-state index is 12.1. The fraction of sp³-hybridized carbons (Fsp3) is 0.381. The summed E-state index contributed by atoms with van der Waals surface area (Å²) in [6.07, 6.45) is 4.37. The van der Waals surface area contributed by atoms with Crippen LogP contribution in [0.1, 0.15) is 34.7 Å². The molecule has 9 heteroatoms. The van der Waals surface area contributed by atoms with E-state index in [0.717, 1.165) is 40.8 Å². The zero-order valence-electron chi connectivity index (χ0n) is 16.6. The van der Waals surface area contributed by atoms with Crippen LogP contribution in [0.4, 0.5) is 5.82 Å². The van der Waals surface area contributed by atoms with Crippen molar-refractivity contribution in [1.82, 2.24) is 9.97 Å². The number of thiophene rings is 1. The molecule has 2 aromatic heterocycles. The Hall–Kier alpha value is -2.36. The van der Waals surface area contributed by atoms with E-state index in [1.807, 2.05) is 24.3 Å². The summed E-state index contributed by atoms with van der Waals surface area (Å²) in [5, 5.41) is 13.4. The van der Waals surface area contributed by atoms with Crippen LogP contribution in [0.5, 0.6) is 5.75 Å². The molecule has 1 aliphatic carbocycles. The van der Waals surface area contributed by atoms with Crippen LogP contribution >= 0.6 is 11.3 Å². The highest BCUT2D eigenvalue weighted by Gasteiger charge is 2.23. The number of nitrogens with zero attached hydrogens (tertiary/aromatic N) is 2. The van der Waals surface area contributed by atoms with Crippen molar-refractivity contribution in [1.29, 1.82) is 0 Å². The van der Waals surface area contributed by atoms with Crippen LogP contribution in [-0.4, -0.2) is 38.5 Å². The molecule has 2 heterocycles. The van der Waals surface area contributed by atoms with E-state index >= 15 is 0 Å². The number of methoxy groups -OCH3 is 1. The van der Waals surface area contributed by atoms with Gasteiger partial charge < -0.3 is 19.7 Å². The third-order valence-electron chi connectivity index (χ3n) is 5.07. The van der Waals surface area contributed by atoms with E-state index in [1.54, 1.807) is 18.4 Å². The van der Waals surface area contributed by atoms with Crippen molar-refractivity contribution < 1.29 is 19.2 Å². The lowest BCUT2D eigenvalue weighted by Gasteiger charge is -2.15. The van der Waals surface area contributed by atoms with Gasteiger partial charge in [-0.3, -0.25) is 0 Å². The Morgan fingerprint density at radius 2 is 2.10 bits per heavy atom. The number of carboxylic acids is 1. The highest BCUT2D eigenvalue weighted by Crippen LogP contribution is 2.39. The van der Waals surface area contributed by atoms with Gasteiger partial charge in [-0.25, -0.2) is 14.8 Å². The zero-order valence-corrected chi connectivity index (χ0v) is 18.3. The normalized spacial score (nSPS) is 14.3. The van der Waals surface area contributed by atoms with Gasteiger partial charge in [0.15, 0.2) is 11.6 Å². The number of hydrogen-bond donors (Lipinski definition) is 2. The average molecular weight is 446 g/mol. The lowest BCUT2D eigenvalue weighted by atomic mass is 9.97. The maximum Gasteiger partial charge on any atom is 0.353 e. The Morgan fingerprint density at radius 3 is 2.90 bits per heavy atom. The van der Waals surface area contributed by atoms with Gasteiger partial charge >= 0.3 is 5.97 Å². The first-order valence-electron chi connectivity index (χ1n) is 9.79. The fourth-order valence-electron chi connectivity index (χ4n) is 3.75. The van der Waals surface area contributed by atoms with Crippen molar-refractivity contribution in [3.05, 3.63) is 46.1 Å². The van der Waals surface area contributed by atoms with Crippen LogP contribution in [0.2, 0.25) is 0 Å². The molecule has 0 spiro atoms. The lowest BCUT2D eigenvalue weighted by Crippen LogP contribution is -2.18. The minimum absolute atomic E-state index is 0.0220. The second-order valence-corrected chi connectivity index (χ2v) is 9.71. The summed E-state index contributed by atoms with van der Waals surface area (Å²) in [5.41, 5.74) is 2.31. The molecule has 0 amide bonds. The maximum atomic E-state index is 12.1. The molecule has 2 N–H and O–H groups in total. The molecular formula is C21H23N3O4S2. The molecule has 30 heavy (non-hydrogen) atoms. The van der Waals surface area contributed by atoms with E-state index < -0.39 is 22.9 Å². The van der Waals surface area contributed by atoms with Crippen molar-refractivity contribution in [2.75, 3.05) is 18.2 Å². The molecule has 0 fully saturated rings. The summed E-state index contributed by atoms with van der Waals surface area (Å²) in [6.45, 7) is 0.526. The van der Waals surface area contributed by atoms with Gasteiger partial charge in [0.25, 0.3) is 0 Å². The minimum Gasteiger partial charge on any atom is -0.616 e. The number of aliphatic carboxylic acids is 1. The van der Waals surface area contributed by atoms with Crippen LogP contribution in [0.15, 0.2) is 24.3 Å². The van der Waals surface area contributed by atoms with Gasteiger partial charge in [-0.05, 0) is 48.5 Å². The largest absolute Gasteiger partial charge is 0.616 e. The first-order chi connectivity index (χ1) is 14.5. The van der Waals surface area contributed by atoms with Crippen molar-refractivity contribution in [3.8, 4) is 5.75 Å². The van der Waals surface area contributed by atoms with Crippen LogP contribution in [-0.2, 0) is 41.1 Å². The summed E-state index contributed by atoms with van der Waals surface area (Å²) >= 11 is 0.113. The van der Waals surface area contributed by atoms with Crippen molar-refractivity contribution in [2.24, 2.45) is 0 Å². The van der Waals surface area contributed by atoms with E-state index in [0.29, 0.717) is 18.2 Å². The fourth-order valence-corrected chi connectivity index (χ4v) is 5.83. The number of hydrogen-bond acceptors (Lipinski definition) is 7. The number of aromatic nitrogens is 2. The number of carbonyl (C=O) groups is 1. The minimum atomic E-state index is -1.55. The van der Waals surface area contributed by atoms with E-state index in [4.69, 9.17) is 9.84 Å². The predicted molar refractivity (Wildman–Crippen MR) is 119 cm³/mol. The summed E-state index contributed by atoms with van der Waals surface area (Å²) in [7, 11) is 1.65. The molecule has 4 rings (SSSR count). The third kappa shape index (κ3) is 4.53. The molecule has 3 aromatic rings. The Bertz CT molecular complexity index is 1070. The number of rotatable bonds is 8. The second-order valence-electron chi connectivity index (χ2n) is 7.17. The smallest absolute Gasteiger partial charge is 0.353 e. The van der Waals surface area contributed by atoms with E-state index in [9.17, 15) is 9.35 Å². The van der Waals surface area contributed by atoms with E-state index in [2.05, 4.69) is 15.3 Å². The molecule has 1 unspecified atom stereocenters. The summed E-state index contributed by atoms with van der Waals surface area (Å²) < 4.78 is 17.6. The Balaban J connectivity index is 1.69. The molecule has 7 nitrogen and oxygen atoms in total. The molecule has 0 aliphatic heterocycles. The third-order valence-corrected chi connectivity index (χ3v) is 7.41. The molecule has 0 saturated heterocycles. The first kappa shape index (κ1) is 20.9. The van der Waals surface area contributed by atoms with Gasteiger partial charge in [0, 0.05) is 17.0 Å². The number of para-hydroxylation sites is 1. The van der Waals surface area contributed by atoms with Crippen LogP contribution < -0.4 is 10.1 Å². The van der Waals surface area contributed by atoms with Crippen molar-refractivity contribution in [3.63, 3.8) is 0 Å². The second kappa shape index (κ2) is 9.20. The molecule has 1 aliphatic rings. The van der Waals surface area contributed by atoms with Gasteiger partial charge in [0.05, 0.1) is 12.5 Å². The number of aryl methyl sites for hydroxylation is 2. The Labute approximate surface area is 181 Å². The number of nitrogens with one attached hydrogen (secondary N) is 1. The number of fused-ring (bicyclic) bond motifs is 3. The van der Waals surface area contributed by atoms with Crippen LogP contribution in [0, 0.1) is 0 Å².